The molecule has 1 aromatic heterocycles. The Bertz CT molecular complexity index is 1100. The van der Waals surface area contributed by atoms with Gasteiger partial charge in [0.15, 0.2) is 0 Å². The summed E-state index contributed by atoms with van der Waals surface area (Å²) in [6, 6.07) is 15.4. The fourth-order valence-corrected chi connectivity index (χ4v) is 2.75. The Labute approximate surface area is 159 Å². The van der Waals surface area contributed by atoms with Gasteiger partial charge in [0.25, 0.3) is 11.5 Å². The lowest BCUT2D eigenvalue weighted by atomic mass is 10.1. The van der Waals surface area contributed by atoms with Crippen molar-refractivity contribution >= 4 is 23.2 Å². The van der Waals surface area contributed by atoms with E-state index in [1.165, 1.54) is 41.1 Å². The first-order valence-electron chi connectivity index (χ1n) is 7.93. The average molecular weight is 382 g/mol. The van der Waals surface area contributed by atoms with Crippen LogP contribution in [-0.2, 0) is 6.54 Å². The summed E-state index contributed by atoms with van der Waals surface area (Å²) in [5.74, 6) is -1.03. The molecule has 0 saturated carbocycles. The molecule has 0 bridgehead atoms. The van der Waals surface area contributed by atoms with Gasteiger partial charge in [0.2, 0.25) is 0 Å². The van der Waals surface area contributed by atoms with Gasteiger partial charge >= 0.3 is 0 Å². The van der Waals surface area contributed by atoms with Crippen LogP contribution in [-0.4, -0.2) is 10.5 Å². The number of nitrogens with zero attached hydrogens (tertiary/aromatic N) is 2. The van der Waals surface area contributed by atoms with Crippen LogP contribution in [0.3, 0.4) is 0 Å². The summed E-state index contributed by atoms with van der Waals surface area (Å²) in [5.41, 5.74) is 0.629. The first-order valence-corrected chi connectivity index (χ1v) is 8.31. The number of amides is 1. The molecular weight excluding hydrogens is 369 g/mol. The molecule has 1 amide bonds. The monoisotopic (exact) mass is 381 g/mol. The number of pyridine rings is 1. The summed E-state index contributed by atoms with van der Waals surface area (Å²) < 4.78 is 15.2. The highest BCUT2D eigenvalue weighted by atomic mass is 35.5. The van der Waals surface area contributed by atoms with Gasteiger partial charge in [-0.2, -0.15) is 5.26 Å². The summed E-state index contributed by atoms with van der Waals surface area (Å²) in [5, 5.41) is 11.9. The molecule has 0 aliphatic carbocycles. The molecule has 0 unspecified atom stereocenters. The molecule has 3 aromatic rings. The van der Waals surface area contributed by atoms with Crippen LogP contribution in [0.2, 0.25) is 5.02 Å². The molecule has 0 radical (unpaired) electrons. The minimum absolute atomic E-state index is 0.111. The summed E-state index contributed by atoms with van der Waals surface area (Å²) in [6.45, 7) is -0.111. The average Bonchev–Trinajstić information content (AvgIpc) is 2.66. The van der Waals surface area contributed by atoms with E-state index in [0.717, 1.165) is 0 Å². The van der Waals surface area contributed by atoms with Crippen molar-refractivity contribution < 1.29 is 9.18 Å². The van der Waals surface area contributed by atoms with Crippen molar-refractivity contribution in [2.24, 2.45) is 0 Å². The summed E-state index contributed by atoms with van der Waals surface area (Å²) >= 11 is 6.01. The van der Waals surface area contributed by atoms with Gasteiger partial charge < -0.3 is 9.88 Å². The second-order valence-corrected chi connectivity index (χ2v) is 6.10. The first kappa shape index (κ1) is 18.4. The van der Waals surface area contributed by atoms with E-state index in [2.05, 4.69) is 5.32 Å². The molecule has 2 aromatic carbocycles. The predicted molar refractivity (Wildman–Crippen MR) is 100 cm³/mol. The number of nitriles is 1. The van der Waals surface area contributed by atoms with Crippen molar-refractivity contribution in [3.05, 3.63) is 98.7 Å². The van der Waals surface area contributed by atoms with Crippen LogP contribution in [0.25, 0.3) is 0 Å². The van der Waals surface area contributed by atoms with E-state index in [9.17, 15) is 14.0 Å². The standard InChI is InChI=1S/C20H13ClFN3O2/c21-16-5-3-6-17(22)15(16)12-25-11-14(8-9-19(25)26)20(27)24-18-7-2-1-4-13(18)10-23/h1-9,11H,12H2,(H,24,27). The number of hydrogen-bond acceptors (Lipinski definition) is 3. The number of carbonyl (C=O) groups excluding carboxylic acids is 1. The Morgan fingerprint density at radius 2 is 1.93 bits per heavy atom. The Hall–Kier alpha value is -3.43. The second kappa shape index (κ2) is 7.85. The van der Waals surface area contributed by atoms with Crippen LogP contribution >= 0.6 is 11.6 Å². The zero-order valence-corrected chi connectivity index (χ0v) is 14.7. The van der Waals surface area contributed by atoms with Crippen molar-refractivity contribution in [3.63, 3.8) is 0 Å². The van der Waals surface area contributed by atoms with Crippen molar-refractivity contribution in [3.8, 4) is 6.07 Å². The highest BCUT2D eigenvalue weighted by Crippen LogP contribution is 2.20. The first-order chi connectivity index (χ1) is 13.0. The van der Waals surface area contributed by atoms with Gasteiger partial charge in [-0.25, -0.2) is 4.39 Å². The lowest BCUT2D eigenvalue weighted by Gasteiger charge is -2.11. The summed E-state index contributed by atoms with van der Waals surface area (Å²) in [7, 11) is 0. The van der Waals surface area contributed by atoms with Gasteiger partial charge in [0.1, 0.15) is 11.9 Å². The number of hydrogen-bond donors (Lipinski definition) is 1. The van der Waals surface area contributed by atoms with Crippen molar-refractivity contribution in [1.82, 2.24) is 4.57 Å². The smallest absolute Gasteiger partial charge is 0.257 e. The highest BCUT2D eigenvalue weighted by molar-refractivity contribution is 6.31. The van der Waals surface area contributed by atoms with E-state index in [4.69, 9.17) is 16.9 Å². The van der Waals surface area contributed by atoms with Crippen molar-refractivity contribution in [2.75, 3.05) is 5.32 Å². The normalized spacial score (nSPS) is 10.3. The maximum atomic E-state index is 14.0. The molecule has 0 aliphatic heterocycles. The fourth-order valence-electron chi connectivity index (χ4n) is 2.53. The van der Waals surface area contributed by atoms with E-state index >= 15 is 0 Å². The molecule has 134 valence electrons. The van der Waals surface area contributed by atoms with Crippen LogP contribution in [0.4, 0.5) is 10.1 Å². The van der Waals surface area contributed by atoms with E-state index < -0.39 is 17.3 Å². The van der Waals surface area contributed by atoms with Gasteiger partial charge in [-0.3, -0.25) is 9.59 Å². The largest absolute Gasteiger partial charge is 0.321 e. The number of para-hydroxylation sites is 1. The predicted octanol–water partition coefficient (Wildman–Crippen LogP) is 3.81. The lowest BCUT2D eigenvalue weighted by molar-refractivity contribution is 0.102. The topological polar surface area (TPSA) is 74.9 Å². The number of halogens is 2. The van der Waals surface area contributed by atoms with Crippen LogP contribution in [0, 0.1) is 17.1 Å². The lowest BCUT2D eigenvalue weighted by Crippen LogP contribution is -2.23. The second-order valence-electron chi connectivity index (χ2n) is 5.70. The van der Waals surface area contributed by atoms with Gasteiger partial charge in [0, 0.05) is 22.8 Å². The minimum atomic E-state index is -0.535. The quantitative estimate of drug-likeness (QED) is 0.746. The third-order valence-corrected chi connectivity index (χ3v) is 4.29. The van der Waals surface area contributed by atoms with E-state index in [1.807, 2.05) is 6.07 Å². The van der Waals surface area contributed by atoms with Gasteiger partial charge in [-0.05, 0) is 30.3 Å². The zero-order valence-electron chi connectivity index (χ0n) is 13.9. The molecule has 7 heteroatoms. The fraction of sp³-hybridized carbons (Fsp3) is 0.0500. The molecule has 3 rings (SSSR count). The molecule has 27 heavy (non-hydrogen) atoms. The number of anilines is 1. The Morgan fingerprint density at radius 3 is 2.67 bits per heavy atom. The Morgan fingerprint density at radius 1 is 1.15 bits per heavy atom. The van der Waals surface area contributed by atoms with Crippen molar-refractivity contribution in [1.29, 1.82) is 5.26 Å². The summed E-state index contributed by atoms with van der Waals surface area (Å²) in [6.07, 6.45) is 1.33. The molecule has 0 fully saturated rings. The van der Waals surface area contributed by atoms with Crippen LogP contribution < -0.4 is 10.9 Å². The molecule has 1 N–H and O–H groups in total. The zero-order chi connectivity index (χ0) is 19.4. The molecular formula is C20H13ClFN3O2. The van der Waals surface area contributed by atoms with E-state index in [1.54, 1.807) is 24.3 Å². The molecule has 1 heterocycles. The van der Waals surface area contributed by atoms with E-state index in [0.29, 0.717) is 11.3 Å². The number of carbonyl (C=O) groups is 1. The number of aromatic nitrogens is 1. The van der Waals surface area contributed by atoms with Crippen LogP contribution in [0.5, 0.6) is 0 Å². The van der Waals surface area contributed by atoms with Gasteiger partial charge in [-0.1, -0.05) is 29.8 Å². The maximum absolute atomic E-state index is 14.0. The molecule has 5 nitrogen and oxygen atoms in total. The Kier molecular flexibility index (Phi) is 5.34. The highest BCUT2D eigenvalue weighted by Gasteiger charge is 2.13. The van der Waals surface area contributed by atoms with Gasteiger partial charge in [0.05, 0.1) is 23.4 Å². The van der Waals surface area contributed by atoms with E-state index in [-0.39, 0.29) is 22.7 Å². The minimum Gasteiger partial charge on any atom is -0.321 e. The molecule has 0 saturated heterocycles. The number of benzene rings is 2. The summed E-state index contributed by atoms with van der Waals surface area (Å²) in [4.78, 5) is 24.6. The van der Waals surface area contributed by atoms with Gasteiger partial charge in [-0.15, -0.1) is 0 Å². The molecule has 0 aliphatic rings. The molecule has 0 atom stereocenters. The molecule has 0 spiro atoms. The number of rotatable bonds is 4. The van der Waals surface area contributed by atoms with Crippen molar-refractivity contribution in [2.45, 2.75) is 6.54 Å². The SMILES string of the molecule is N#Cc1ccccc1NC(=O)c1ccc(=O)n(Cc2c(F)cccc2Cl)c1. The third-order valence-electron chi connectivity index (χ3n) is 3.93. The van der Waals surface area contributed by atoms with Crippen LogP contribution in [0.15, 0.2) is 65.6 Å². The maximum Gasteiger partial charge on any atom is 0.257 e. The number of nitrogens with one attached hydrogen (secondary N) is 1. The third kappa shape index (κ3) is 4.05. The Balaban J connectivity index is 1.90. The van der Waals surface area contributed by atoms with Crippen LogP contribution in [0.1, 0.15) is 21.5 Å².